The summed E-state index contributed by atoms with van der Waals surface area (Å²) in [5.41, 5.74) is 1.08. The van der Waals surface area contributed by atoms with Crippen LogP contribution in [0.1, 0.15) is 51.0 Å². The Hall–Kier alpha value is -2.04. The standard InChI is InChI=1S/C20H28N2O3/c1-15(23)22-12-10-17(11-13-22)20(24)21-14-16-6-8-19(9-7-16)25-18-4-2-3-5-18/h6-9,17-18H,2-5,10-14H2,1H3,(H,21,24). The lowest BCUT2D eigenvalue weighted by Crippen LogP contribution is -2.42. The first-order chi connectivity index (χ1) is 12.1. The predicted molar refractivity (Wildman–Crippen MR) is 96.2 cm³/mol. The Bertz CT molecular complexity index is 585. The summed E-state index contributed by atoms with van der Waals surface area (Å²) in [4.78, 5) is 25.5. The van der Waals surface area contributed by atoms with Gasteiger partial charge in [-0.05, 0) is 56.2 Å². The van der Waals surface area contributed by atoms with Crippen molar-refractivity contribution < 1.29 is 14.3 Å². The first-order valence-electron chi connectivity index (χ1n) is 9.40. The molecule has 0 unspecified atom stereocenters. The van der Waals surface area contributed by atoms with Crippen LogP contribution in [0.25, 0.3) is 0 Å². The SMILES string of the molecule is CC(=O)N1CCC(C(=O)NCc2ccc(OC3CCCC3)cc2)CC1. The van der Waals surface area contributed by atoms with E-state index < -0.39 is 0 Å². The lowest BCUT2D eigenvalue weighted by Gasteiger charge is -2.30. The molecule has 3 rings (SSSR count). The molecule has 0 radical (unpaired) electrons. The van der Waals surface area contributed by atoms with Crippen molar-refractivity contribution in [3.8, 4) is 5.75 Å². The molecule has 136 valence electrons. The number of benzene rings is 1. The fourth-order valence-corrected chi connectivity index (χ4v) is 3.67. The van der Waals surface area contributed by atoms with E-state index in [1.807, 2.05) is 29.2 Å². The van der Waals surface area contributed by atoms with Gasteiger partial charge in [-0.2, -0.15) is 0 Å². The van der Waals surface area contributed by atoms with E-state index in [4.69, 9.17) is 4.74 Å². The Balaban J connectivity index is 1.42. The Morgan fingerprint density at radius 3 is 2.32 bits per heavy atom. The van der Waals surface area contributed by atoms with Gasteiger partial charge >= 0.3 is 0 Å². The smallest absolute Gasteiger partial charge is 0.223 e. The van der Waals surface area contributed by atoms with E-state index >= 15 is 0 Å². The number of likely N-dealkylation sites (tertiary alicyclic amines) is 1. The molecule has 0 atom stereocenters. The highest BCUT2D eigenvalue weighted by Crippen LogP contribution is 2.24. The summed E-state index contributed by atoms with van der Waals surface area (Å²) >= 11 is 0. The number of carbonyl (C=O) groups excluding carboxylic acids is 2. The summed E-state index contributed by atoms with van der Waals surface area (Å²) < 4.78 is 5.96. The molecule has 1 saturated heterocycles. The highest BCUT2D eigenvalue weighted by atomic mass is 16.5. The van der Waals surface area contributed by atoms with Crippen LogP contribution in [-0.4, -0.2) is 35.9 Å². The quantitative estimate of drug-likeness (QED) is 0.893. The van der Waals surface area contributed by atoms with Crippen molar-refractivity contribution in [1.29, 1.82) is 0 Å². The van der Waals surface area contributed by atoms with Crippen molar-refractivity contribution in [2.75, 3.05) is 13.1 Å². The van der Waals surface area contributed by atoms with Crippen LogP contribution in [0, 0.1) is 5.92 Å². The van der Waals surface area contributed by atoms with E-state index in [1.54, 1.807) is 6.92 Å². The van der Waals surface area contributed by atoms with Gasteiger partial charge in [-0.25, -0.2) is 0 Å². The molecular formula is C20H28N2O3. The summed E-state index contributed by atoms with van der Waals surface area (Å²) in [5.74, 6) is 1.12. The normalized spacial score (nSPS) is 19.0. The number of nitrogens with zero attached hydrogens (tertiary/aromatic N) is 1. The molecule has 2 aliphatic rings. The highest BCUT2D eigenvalue weighted by molar-refractivity contribution is 5.79. The maximum absolute atomic E-state index is 12.3. The van der Waals surface area contributed by atoms with Gasteiger partial charge in [0.1, 0.15) is 5.75 Å². The molecule has 2 amide bonds. The zero-order valence-electron chi connectivity index (χ0n) is 15.0. The predicted octanol–water partition coefficient (Wildman–Crippen LogP) is 2.88. The molecule has 1 heterocycles. The molecule has 0 bridgehead atoms. The molecule has 1 aromatic rings. The van der Waals surface area contributed by atoms with Gasteiger partial charge in [0.15, 0.2) is 0 Å². The van der Waals surface area contributed by atoms with Crippen LogP contribution in [0.5, 0.6) is 5.75 Å². The highest BCUT2D eigenvalue weighted by Gasteiger charge is 2.25. The number of carbonyl (C=O) groups is 2. The lowest BCUT2D eigenvalue weighted by molar-refractivity contribution is -0.134. The summed E-state index contributed by atoms with van der Waals surface area (Å²) in [6.07, 6.45) is 6.70. The molecule has 5 nitrogen and oxygen atoms in total. The van der Waals surface area contributed by atoms with E-state index in [-0.39, 0.29) is 17.7 Å². The average molecular weight is 344 g/mol. The molecule has 5 heteroatoms. The number of rotatable bonds is 5. The number of nitrogens with one attached hydrogen (secondary N) is 1. The number of amides is 2. The Kier molecular flexibility index (Phi) is 5.95. The van der Waals surface area contributed by atoms with Crippen molar-refractivity contribution >= 4 is 11.8 Å². The minimum Gasteiger partial charge on any atom is -0.490 e. The summed E-state index contributed by atoms with van der Waals surface area (Å²) in [7, 11) is 0. The van der Waals surface area contributed by atoms with Gasteiger partial charge in [-0.3, -0.25) is 9.59 Å². The van der Waals surface area contributed by atoms with Crippen molar-refractivity contribution in [2.45, 2.75) is 58.1 Å². The molecule has 0 spiro atoms. The van der Waals surface area contributed by atoms with E-state index in [0.29, 0.717) is 25.7 Å². The molecule has 0 aromatic heterocycles. The molecule has 1 N–H and O–H groups in total. The van der Waals surface area contributed by atoms with Gasteiger partial charge in [0.2, 0.25) is 11.8 Å². The summed E-state index contributed by atoms with van der Waals surface area (Å²) in [6.45, 7) is 3.48. The van der Waals surface area contributed by atoms with Crippen LogP contribution in [0.15, 0.2) is 24.3 Å². The Morgan fingerprint density at radius 2 is 1.72 bits per heavy atom. The number of ether oxygens (including phenoxy) is 1. The van der Waals surface area contributed by atoms with E-state index in [0.717, 1.165) is 37.0 Å². The Labute approximate surface area is 149 Å². The molecular weight excluding hydrogens is 316 g/mol. The monoisotopic (exact) mass is 344 g/mol. The minimum absolute atomic E-state index is 0.0144. The third-order valence-electron chi connectivity index (χ3n) is 5.31. The van der Waals surface area contributed by atoms with Gasteiger partial charge in [0.05, 0.1) is 6.10 Å². The number of hydrogen-bond donors (Lipinski definition) is 1. The van der Waals surface area contributed by atoms with Gasteiger partial charge in [0, 0.05) is 32.5 Å². The molecule has 2 fully saturated rings. The zero-order valence-corrected chi connectivity index (χ0v) is 15.0. The maximum atomic E-state index is 12.3. The van der Waals surface area contributed by atoms with Gasteiger partial charge in [-0.1, -0.05) is 12.1 Å². The first kappa shape index (κ1) is 17.8. The average Bonchev–Trinajstić information content (AvgIpc) is 3.14. The van der Waals surface area contributed by atoms with Crippen molar-refractivity contribution in [3.63, 3.8) is 0 Å². The third-order valence-corrected chi connectivity index (χ3v) is 5.31. The summed E-state index contributed by atoms with van der Waals surface area (Å²) in [6, 6.07) is 8.02. The van der Waals surface area contributed by atoms with Gasteiger partial charge < -0.3 is 15.0 Å². The van der Waals surface area contributed by atoms with Crippen molar-refractivity contribution in [3.05, 3.63) is 29.8 Å². The van der Waals surface area contributed by atoms with Crippen LogP contribution in [0.3, 0.4) is 0 Å². The van der Waals surface area contributed by atoms with Gasteiger partial charge in [-0.15, -0.1) is 0 Å². The van der Waals surface area contributed by atoms with Crippen LogP contribution in [0.2, 0.25) is 0 Å². The molecule has 1 aromatic carbocycles. The third kappa shape index (κ3) is 4.97. The van der Waals surface area contributed by atoms with E-state index in [2.05, 4.69) is 5.32 Å². The van der Waals surface area contributed by atoms with Crippen LogP contribution >= 0.6 is 0 Å². The summed E-state index contributed by atoms with van der Waals surface area (Å²) in [5, 5.41) is 3.02. The van der Waals surface area contributed by atoms with Crippen LogP contribution < -0.4 is 10.1 Å². The minimum atomic E-state index is 0.0144. The fraction of sp³-hybridized carbons (Fsp3) is 0.600. The topological polar surface area (TPSA) is 58.6 Å². The zero-order chi connectivity index (χ0) is 17.6. The fourth-order valence-electron chi connectivity index (χ4n) is 3.67. The van der Waals surface area contributed by atoms with E-state index in [1.165, 1.54) is 12.8 Å². The second-order valence-electron chi connectivity index (χ2n) is 7.17. The number of piperidine rings is 1. The van der Waals surface area contributed by atoms with Crippen LogP contribution in [-0.2, 0) is 16.1 Å². The van der Waals surface area contributed by atoms with Crippen LogP contribution in [0.4, 0.5) is 0 Å². The Morgan fingerprint density at radius 1 is 1.08 bits per heavy atom. The molecule has 1 aliphatic heterocycles. The lowest BCUT2D eigenvalue weighted by atomic mass is 9.96. The first-order valence-corrected chi connectivity index (χ1v) is 9.40. The molecule has 1 aliphatic carbocycles. The second-order valence-corrected chi connectivity index (χ2v) is 7.17. The second kappa shape index (κ2) is 8.37. The van der Waals surface area contributed by atoms with Crippen molar-refractivity contribution in [1.82, 2.24) is 10.2 Å². The van der Waals surface area contributed by atoms with Gasteiger partial charge in [0.25, 0.3) is 0 Å². The largest absolute Gasteiger partial charge is 0.490 e. The van der Waals surface area contributed by atoms with E-state index in [9.17, 15) is 9.59 Å². The molecule has 25 heavy (non-hydrogen) atoms. The van der Waals surface area contributed by atoms with Crippen molar-refractivity contribution in [2.24, 2.45) is 5.92 Å². The number of hydrogen-bond acceptors (Lipinski definition) is 3. The maximum Gasteiger partial charge on any atom is 0.223 e. The molecule has 1 saturated carbocycles.